The second-order valence-corrected chi connectivity index (χ2v) is 4.65. The molecule has 2 nitrogen and oxygen atoms in total. The summed E-state index contributed by atoms with van der Waals surface area (Å²) in [5.41, 5.74) is 11.2. The van der Waals surface area contributed by atoms with Crippen LogP contribution in [0.4, 0.5) is 0 Å². The van der Waals surface area contributed by atoms with E-state index in [4.69, 9.17) is 5.73 Å². The largest absolute Gasteiger partial charge is 0.358 e. The zero-order chi connectivity index (χ0) is 11.7. The van der Waals surface area contributed by atoms with Crippen LogP contribution in [0.25, 0.3) is 10.9 Å². The van der Waals surface area contributed by atoms with Crippen LogP contribution in [0.1, 0.15) is 30.2 Å². The molecule has 1 heterocycles. The molecule has 0 aliphatic rings. The number of H-pyrrole nitrogens is 1. The van der Waals surface area contributed by atoms with Gasteiger partial charge in [-0.2, -0.15) is 0 Å². The van der Waals surface area contributed by atoms with Crippen molar-refractivity contribution in [1.82, 2.24) is 4.98 Å². The Kier molecular flexibility index (Phi) is 4.61. The van der Waals surface area contributed by atoms with E-state index in [0.29, 0.717) is 0 Å². The van der Waals surface area contributed by atoms with Crippen molar-refractivity contribution >= 4 is 23.3 Å². The fourth-order valence-corrected chi connectivity index (χ4v) is 2.17. The van der Waals surface area contributed by atoms with Crippen molar-refractivity contribution in [2.45, 2.75) is 39.7 Å². The van der Waals surface area contributed by atoms with Gasteiger partial charge in [-0.1, -0.05) is 18.6 Å². The number of nitrogens with two attached hydrogens (primary N) is 1. The molecule has 2 rings (SSSR count). The van der Waals surface area contributed by atoms with Crippen LogP contribution in [-0.4, -0.2) is 11.0 Å². The third kappa shape index (κ3) is 2.82. The molecule has 0 aliphatic carbocycles. The van der Waals surface area contributed by atoms with Crippen molar-refractivity contribution in [1.29, 1.82) is 0 Å². The first kappa shape index (κ1) is 14.1. The molecule has 0 saturated carbocycles. The Hall–Kier alpha value is -0.990. The van der Waals surface area contributed by atoms with E-state index in [9.17, 15) is 0 Å². The summed E-state index contributed by atoms with van der Waals surface area (Å²) in [6.45, 7) is 6.40. The van der Waals surface area contributed by atoms with Crippen molar-refractivity contribution < 1.29 is 0 Å². The van der Waals surface area contributed by atoms with Gasteiger partial charge < -0.3 is 10.7 Å². The molecular weight excluding hydrogens is 232 g/mol. The number of aromatic nitrogens is 1. The summed E-state index contributed by atoms with van der Waals surface area (Å²) in [6.07, 6.45) is 1.99. The summed E-state index contributed by atoms with van der Waals surface area (Å²) < 4.78 is 0. The van der Waals surface area contributed by atoms with Crippen LogP contribution in [0, 0.1) is 13.8 Å². The van der Waals surface area contributed by atoms with Crippen molar-refractivity contribution in [3.05, 3.63) is 35.0 Å². The van der Waals surface area contributed by atoms with Crippen LogP contribution in [0.3, 0.4) is 0 Å². The lowest BCUT2D eigenvalue weighted by atomic mass is 10.0. The van der Waals surface area contributed by atoms with Crippen LogP contribution in [0.5, 0.6) is 0 Å². The van der Waals surface area contributed by atoms with E-state index in [-0.39, 0.29) is 18.4 Å². The topological polar surface area (TPSA) is 41.8 Å². The average Bonchev–Trinajstić information content (AvgIpc) is 2.55. The molecule has 1 aromatic carbocycles. The highest BCUT2D eigenvalue weighted by Gasteiger charge is 2.11. The summed E-state index contributed by atoms with van der Waals surface area (Å²) in [6, 6.07) is 6.80. The summed E-state index contributed by atoms with van der Waals surface area (Å²) in [4.78, 5) is 3.43. The Morgan fingerprint density at radius 3 is 2.65 bits per heavy atom. The van der Waals surface area contributed by atoms with E-state index < -0.39 is 0 Å². The number of benzene rings is 1. The number of hydrogen-bond donors (Lipinski definition) is 2. The van der Waals surface area contributed by atoms with Gasteiger partial charge in [-0.25, -0.2) is 0 Å². The molecule has 0 spiro atoms. The zero-order valence-corrected chi connectivity index (χ0v) is 11.5. The molecule has 0 radical (unpaired) electrons. The van der Waals surface area contributed by atoms with Crippen molar-refractivity contribution in [2.24, 2.45) is 5.73 Å². The molecular formula is C14H21ClN2. The lowest BCUT2D eigenvalue weighted by molar-refractivity contribution is 0.646. The van der Waals surface area contributed by atoms with E-state index in [1.165, 1.54) is 27.7 Å². The quantitative estimate of drug-likeness (QED) is 0.863. The second kappa shape index (κ2) is 5.56. The van der Waals surface area contributed by atoms with Crippen LogP contribution in [0.2, 0.25) is 0 Å². The first-order valence-corrected chi connectivity index (χ1v) is 5.95. The van der Waals surface area contributed by atoms with E-state index >= 15 is 0 Å². The molecule has 0 saturated heterocycles. The number of aromatic amines is 1. The van der Waals surface area contributed by atoms with Gasteiger partial charge in [0.05, 0.1) is 0 Å². The summed E-state index contributed by atoms with van der Waals surface area (Å²) in [5.74, 6) is 0. The third-order valence-corrected chi connectivity index (χ3v) is 3.27. The van der Waals surface area contributed by atoms with Gasteiger partial charge in [0, 0.05) is 22.6 Å². The minimum atomic E-state index is 0. The molecule has 0 bridgehead atoms. The van der Waals surface area contributed by atoms with Gasteiger partial charge in [0.1, 0.15) is 0 Å². The number of halogens is 1. The lowest BCUT2D eigenvalue weighted by Gasteiger charge is -2.08. The van der Waals surface area contributed by atoms with Crippen LogP contribution >= 0.6 is 12.4 Å². The van der Waals surface area contributed by atoms with E-state index in [1.54, 1.807) is 0 Å². The van der Waals surface area contributed by atoms with Gasteiger partial charge >= 0.3 is 0 Å². The molecule has 1 unspecified atom stereocenters. The molecule has 17 heavy (non-hydrogen) atoms. The zero-order valence-electron chi connectivity index (χ0n) is 10.7. The fraction of sp³-hybridized carbons (Fsp3) is 0.429. The second-order valence-electron chi connectivity index (χ2n) is 4.65. The molecule has 0 fully saturated rings. The predicted molar refractivity (Wildman–Crippen MR) is 77.0 cm³/mol. The molecule has 3 heteroatoms. The molecule has 0 aliphatic heterocycles. The van der Waals surface area contributed by atoms with Gasteiger partial charge in [-0.15, -0.1) is 12.4 Å². The Morgan fingerprint density at radius 2 is 2.00 bits per heavy atom. The van der Waals surface area contributed by atoms with Gasteiger partial charge in [-0.3, -0.25) is 0 Å². The van der Waals surface area contributed by atoms with E-state index in [0.717, 1.165) is 12.8 Å². The molecule has 94 valence electrons. The monoisotopic (exact) mass is 252 g/mol. The third-order valence-electron chi connectivity index (χ3n) is 3.27. The SMILES string of the molecule is CCC(N)Cc1c(C)[nH]c2ccc(C)cc12.Cl. The van der Waals surface area contributed by atoms with Crippen LogP contribution in [0.15, 0.2) is 18.2 Å². The highest BCUT2D eigenvalue weighted by atomic mass is 35.5. The number of aryl methyl sites for hydroxylation is 2. The smallest absolute Gasteiger partial charge is 0.0459 e. The Morgan fingerprint density at radius 1 is 1.29 bits per heavy atom. The van der Waals surface area contributed by atoms with Crippen LogP contribution < -0.4 is 5.73 Å². The maximum absolute atomic E-state index is 6.05. The van der Waals surface area contributed by atoms with Gasteiger partial charge in [0.2, 0.25) is 0 Å². The average molecular weight is 253 g/mol. The van der Waals surface area contributed by atoms with Crippen molar-refractivity contribution in [3.8, 4) is 0 Å². The molecule has 1 atom stereocenters. The van der Waals surface area contributed by atoms with Gasteiger partial charge in [0.25, 0.3) is 0 Å². The maximum Gasteiger partial charge on any atom is 0.0459 e. The Labute approximate surface area is 109 Å². The van der Waals surface area contributed by atoms with Gasteiger partial charge in [0.15, 0.2) is 0 Å². The standard InChI is InChI=1S/C14H20N2.ClH/c1-4-11(15)8-12-10(3)16-14-6-5-9(2)7-13(12)14;/h5-7,11,16H,4,8,15H2,1-3H3;1H. The first-order valence-electron chi connectivity index (χ1n) is 5.95. The normalized spacial score (nSPS) is 12.5. The van der Waals surface area contributed by atoms with Crippen molar-refractivity contribution in [2.75, 3.05) is 0 Å². The highest BCUT2D eigenvalue weighted by molar-refractivity contribution is 5.85. The molecule has 1 aromatic heterocycles. The lowest BCUT2D eigenvalue weighted by Crippen LogP contribution is -2.21. The first-order chi connectivity index (χ1) is 7.61. The molecule has 3 N–H and O–H groups in total. The minimum Gasteiger partial charge on any atom is -0.358 e. The number of nitrogens with one attached hydrogen (secondary N) is 1. The van der Waals surface area contributed by atoms with E-state index in [1.807, 2.05) is 0 Å². The molecule has 2 aromatic rings. The summed E-state index contributed by atoms with van der Waals surface area (Å²) in [5, 5.41) is 1.33. The summed E-state index contributed by atoms with van der Waals surface area (Å²) in [7, 11) is 0. The number of fused-ring (bicyclic) bond motifs is 1. The number of hydrogen-bond acceptors (Lipinski definition) is 1. The minimum absolute atomic E-state index is 0. The fourth-order valence-electron chi connectivity index (χ4n) is 2.17. The Balaban J connectivity index is 0.00000144. The van der Waals surface area contributed by atoms with Crippen molar-refractivity contribution in [3.63, 3.8) is 0 Å². The highest BCUT2D eigenvalue weighted by Crippen LogP contribution is 2.24. The van der Waals surface area contributed by atoms with E-state index in [2.05, 4.69) is 44.0 Å². The number of rotatable bonds is 3. The summed E-state index contributed by atoms with van der Waals surface area (Å²) >= 11 is 0. The van der Waals surface area contributed by atoms with Gasteiger partial charge in [-0.05, 0) is 44.4 Å². The molecule has 0 amide bonds. The van der Waals surface area contributed by atoms with Crippen LogP contribution in [-0.2, 0) is 6.42 Å². The predicted octanol–water partition coefficient (Wildman–Crippen LogP) is 3.49. The maximum atomic E-state index is 6.05. The Bertz CT molecular complexity index is 502.